The number of esters is 1. The van der Waals surface area contributed by atoms with Crippen molar-refractivity contribution in [3.63, 3.8) is 0 Å². The van der Waals surface area contributed by atoms with Crippen molar-refractivity contribution in [3.8, 4) is 11.4 Å². The molecule has 0 spiro atoms. The highest BCUT2D eigenvalue weighted by Gasteiger charge is 2.29. The predicted octanol–water partition coefficient (Wildman–Crippen LogP) is 1.56. The summed E-state index contributed by atoms with van der Waals surface area (Å²) >= 11 is 1.27. The number of aromatic nitrogens is 4. The van der Waals surface area contributed by atoms with Crippen LogP contribution in [0.4, 0.5) is 0 Å². The van der Waals surface area contributed by atoms with Crippen LogP contribution in [0, 0.1) is 5.92 Å². The Kier molecular flexibility index (Phi) is 6.85. The number of benzene rings is 1. The number of likely N-dealkylation sites (tertiary alicyclic amines) is 1. The van der Waals surface area contributed by atoms with Crippen molar-refractivity contribution >= 4 is 23.6 Å². The van der Waals surface area contributed by atoms with E-state index in [-0.39, 0.29) is 23.5 Å². The maximum Gasteiger partial charge on any atom is 0.310 e. The molecule has 1 atom stereocenters. The summed E-state index contributed by atoms with van der Waals surface area (Å²) < 4.78 is 11.8. The first-order valence-corrected chi connectivity index (χ1v) is 10.1. The van der Waals surface area contributed by atoms with E-state index in [1.54, 1.807) is 23.6 Å². The van der Waals surface area contributed by atoms with E-state index in [1.165, 1.54) is 11.8 Å². The normalized spacial score (nSPS) is 16.6. The molecule has 2 aromatic rings. The van der Waals surface area contributed by atoms with Crippen LogP contribution in [-0.2, 0) is 14.3 Å². The largest absolute Gasteiger partial charge is 0.497 e. The summed E-state index contributed by atoms with van der Waals surface area (Å²) in [6.07, 6.45) is 1.55. The Morgan fingerprint density at radius 2 is 2.07 bits per heavy atom. The van der Waals surface area contributed by atoms with Gasteiger partial charge < -0.3 is 14.4 Å². The second-order valence-corrected chi connectivity index (χ2v) is 7.23. The second-order valence-electron chi connectivity index (χ2n) is 6.29. The molecule has 150 valence electrons. The van der Waals surface area contributed by atoms with Crippen molar-refractivity contribution in [3.05, 3.63) is 24.3 Å². The Hall–Kier alpha value is -2.62. The van der Waals surface area contributed by atoms with Gasteiger partial charge in [-0.05, 0) is 54.5 Å². The number of hydrogen-bond donors (Lipinski definition) is 0. The van der Waals surface area contributed by atoms with Gasteiger partial charge in [-0.3, -0.25) is 9.59 Å². The number of piperidine rings is 1. The molecule has 1 aromatic heterocycles. The van der Waals surface area contributed by atoms with Gasteiger partial charge in [-0.15, -0.1) is 5.10 Å². The molecule has 28 heavy (non-hydrogen) atoms. The minimum absolute atomic E-state index is 0.0386. The third-order valence-electron chi connectivity index (χ3n) is 4.48. The van der Waals surface area contributed by atoms with Gasteiger partial charge in [0, 0.05) is 13.1 Å². The Bertz CT molecular complexity index is 811. The zero-order valence-corrected chi connectivity index (χ0v) is 16.7. The van der Waals surface area contributed by atoms with Crippen LogP contribution in [0.15, 0.2) is 29.4 Å². The summed E-state index contributed by atoms with van der Waals surface area (Å²) in [6, 6.07) is 7.32. The van der Waals surface area contributed by atoms with Crippen LogP contribution >= 0.6 is 11.8 Å². The molecule has 10 heteroatoms. The number of ether oxygens (including phenoxy) is 2. The molecule has 1 saturated heterocycles. The first-order valence-electron chi connectivity index (χ1n) is 9.12. The Morgan fingerprint density at radius 1 is 1.29 bits per heavy atom. The standard InChI is InChI=1S/C18H23N5O4S/c1-3-27-17(25)13-5-4-10-22(11-13)16(24)12-28-18-19-20-21-23(18)14-6-8-15(26-2)9-7-14/h6-9,13H,3-5,10-12H2,1-2H3/t13-/m1/s1. The average Bonchev–Trinajstić information content (AvgIpc) is 3.21. The van der Waals surface area contributed by atoms with Gasteiger partial charge in [0.15, 0.2) is 0 Å². The van der Waals surface area contributed by atoms with Crippen LogP contribution in [0.1, 0.15) is 19.8 Å². The number of nitrogens with zero attached hydrogens (tertiary/aromatic N) is 5. The molecular formula is C18H23N5O4S. The zero-order chi connectivity index (χ0) is 19.9. The third kappa shape index (κ3) is 4.80. The average molecular weight is 405 g/mol. The molecule has 1 aromatic carbocycles. The van der Waals surface area contributed by atoms with Crippen molar-refractivity contribution in [2.45, 2.75) is 24.9 Å². The second kappa shape index (κ2) is 9.54. The van der Waals surface area contributed by atoms with Gasteiger partial charge in [-0.2, -0.15) is 4.68 Å². The van der Waals surface area contributed by atoms with E-state index in [0.717, 1.165) is 24.3 Å². The molecule has 9 nitrogen and oxygen atoms in total. The van der Waals surface area contributed by atoms with Crippen LogP contribution in [0.3, 0.4) is 0 Å². The summed E-state index contributed by atoms with van der Waals surface area (Å²) in [5, 5.41) is 12.2. The fourth-order valence-corrected chi connectivity index (χ4v) is 3.82. The Balaban J connectivity index is 1.59. The lowest BCUT2D eigenvalue weighted by molar-refractivity contribution is -0.151. The van der Waals surface area contributed by atoms with E-state index in [9.17, 15) is 9.59 Å². The SMILES string of the molecule is CCOC(=O)[C@@H]1CCCN(C(=O)CSc2nnnn2-c2ccc(OC)cc2)C1. The minimum Gasteiger partial charge on any atom is -0.497 e. The van der Waals surface area contributed by atoms with E-state index < -0.39 is 0 Å². The number of rotatable bonds is 7. The van der Waals surface area contributed by atoms with Crippen LogP contribution in [0.5, 0.6) is 5.75 Å². The van der Waals surface area contributed by atoms with E-state index in [1.807, 2.05) is 24.3 Å². The number of thioether (sulfide) groups is 1. The number of hydrogen-bond acceptors (Lipinski definition) is 8. The maximum atomic E-state index is 12.6. The topological polar surface area (TPSA) is 99.4 Å². The summed E-state index contributed by atoms with van der Waals surface area (Å²) in [4.78, 5) is 26.3. The number of tetrazole rings is 1. The summed E-state index contributed by atoms with van der Waals surface area (Å²) in [6.45, 7) is 3.20. The molecular weight excluding hydrogens is 382 g/mol. The fourth-order valence-electron chi connectivity index (χ4n) is 3.03. The van der Waals surface area contributed by atoms with Gasteiger partial charge >= 0.3 is 5.97 Å². The van der Waals surface area contributed by atoms with Crippen LogP contribution in [0.25, 0.3) is 5.69 Å². The molecule has 2 heterocycles. The lowest BCUT2D eigenvalue weighted by atomic mass is 9.98. The molecule has 0 unspecified atom stereocenters. The van der Waals surface area contributed by atoms with Crippen LogP contribution < -0.4 is 4.74 Å². The molecule has 0 aliphatic carbocycles. The molecule has 1 aliphatic rings. The molecule has 1 aliphatic heterocycles. The molecule has 0 saturated carbocycles. The lowest BCUT2D eigenvalue weighted by Gasteiger charge is -2.31. The van der Waals surface area contributed by atoms with Gasteiger partial charge in [0.05, 0.1) is 31.1 Å². The van der Waals surface area contributed by atoms with E-state index in [0.29, 0.717) is 24.9 Å². The number of carbonyl (C=O) groups is 2. The molecule has 0 radical (unpaired) electrons. The van der Waals surface area contributed by atoms with E-state index in [2.05, 4.69) is 15.5 Å². The summed E-state index contributed by atoms with van der Waals surface area (Å²) in [7, 11) is 1.60. The van der Waals surface area contributed by atoms with E-state index >= 15 is 0 Å². The van der Waals surface area contributed by atoms with Crippen molar-refractivity contribution in [2.24, 2.45) is 5.92 Å². The fraction of sp³-hybridized carbons (Fsp3) is 0.500. The first kappa shape index (κ1) is 20.1. The highest BCUT2D eigenvalue weighted by Crippen LogP contribution is 2.23. The number of amides is 1. The summed E-state index contributed by atoms with van der Waals surface area (Å²) in [5.74, 6) is 0.431. The highest BCUT2D eigenvalue weighted by molar-refractivity contribution is 7.99. The number of methoxy groups -OCH3 is 1. The summed E-state index contributed by atoms with van der Waals surface area (Å²) in [5.41, 5.74) is 0.779. The van der Waals surface area contributed by atoms with Gasteiger partial charge in [0.2, 0.25) is 11.1 Å². The molecule has 3 rings (SSSR count). The lowest BCUT2D eigenvalue weighted by Crippen LogP contribution is -2.43. The molecule has 0 N–H and O–H groups in total. The van der Waals surface area contributed by atoms with Crippen LogP contribution in [0.2, 0.25) is 0 Å². The van der Waals surface area contributed by atoms with Gasteiger partial charge in [-0.1, -0.05) is 11.8 Å². The highest BCUT2D eigenvalue weighted by atomic mass is 32.2. The van der Waals surface area contributed by atoms with E-state index in [4.69, 9.17) is 9.47 Å². The smallest absolute Gasteiger partial charge is 0.310 e. The molecule has 1 fully saturated rings. The first-order chi connectivity index (χ1) is 13.6. The quantitative estimate of drug-likeness (QED) is 0.505. The van der Waals surface area contributed by atoms with Gasteiger partial charge in [0.1, 0.15) is 5.75 Å². The predicted molar refractivity (Wildman–Crippen MR) is 102 cm³/mol. The Labute approximate surface area is 167 Å². The van der Waals surface area contributed by atoms with Crippen molar-refractivity contribution in [1.29, 1.82) is 0 Å². The molecule has 1 amide bonds. The van der Waals surface area contributed by atoms with Crippen molar-refractivity contribution in [2.75, 3.05) is 32.6 Å². The number of carbonyl (C=O) groups excluding carboxylic acids is 2. The van der Waals surface area contributed by atoms with Gasteiger partial charge in [-0.25, -0.2) is 0 Å². The zero-order valence-electron chi connectivity index (χ0n) is 15.9. The molecule has 0 bridgehead atoms. The maximum absolute atomic E-state index is 12.6. The third-order valence-corrected chi connectivity index (χ3v) is 5.38. The Morgan fingerprint density at radius 3 is 2.79 bits per heavy atom. The van der Waals surface area contributed by atoms with Gasteiger partial charge in [0.25, 0.3) is 0 Å². The minimum atomic E-state index is -0.243. The monoisotopic (exact) mass is 405 g/mol. The van der Waals surface area contributed by atoms with Crippen LogP contribution in [-0.4, -0.2) is 69.5 Å². The van der Waals surface area contributed by atoms with Crippen molar-refractivity contribution in [1.82, 2.24) is 25.1 Å². The van der Waals surface area contributed by atoms with Crippen molar-refractivity contribution < 1.29 is 19.1 Å².